The predicted molar refractivity (Wildman–Crippen MR) is 97.0 cm³/mol. The number of nitrogens with zero attached hydrogens (tertiary/aromatic N) is 1. The summed E-state index contributed by atoms with van der Waals surface area (Å²) in [5.41, 5.74) is 0.795. The van der Waals surface area contributed by atoms with Crippen LogP contribution in [-0.4, -0.2) is 55.0 Å². The van der Waals surface area contributed by atoms with Crippen molar-refractivity contribution >= 4 is 29.4 Å². The Morgan fingerprint density at radius 3 is 2.30 bits per heavy atom. The van der Waals surface area contributed by atoms with Crippen molar-refractivity contribution in [2.75, 3.05) is 31.6 Å². The lowest BCUT2D eigenvalue weighted by Crippen LogP contribution is -2.43. The second-order valence-electron chi connectivity index (χ2n) is 6.40. The molecular weight excluding hydrogens is 352 g/mol. The van der Waals surface area contributed by atoms with Crippen LogP contribution in [0.2, 0.25) is 0 Å². The Bertz CT molecular complexity index is 693. The molecule has 8 heteroatoms. The summed E-state index contributed by atoms with van der Waals surface area (Å²) in [5.74, 6) is -2.24. The molecule has 0 radical (unpaired) electrons. The monoisotopic (exact) mass is 376 g/mol. The zero-order valence-corrected chi connectivity index (χ0v) is 15.5. The molecule has 0 saturated carbocycles. The molecule has 1 aromatic carbocycles. The van der Waals surface area contributed by atoms with Gasteiger partial charge in [0.1, 0.15) is 0 Å². The molecule has 0 spiro atoms. The Balaban J connectivity index is 1.77. The molecule has 1 heterocycles. The number of rotatable bonds is 5. The highest BCUT2D eigenvalue weighted by Gasteiger charge is 2.27. The molecule has 0 unspecified atom stereocenters. The first-order valence-corrected chi connectivity index (χ1v) is 8.93. The molecular formula is C19H24N2O6. The Labute approximate surface area is 157 Å². The fraction of sp³-hybridized carbons (Fsp3) is 0.474. The number of carbonyl (C=O) groups excluding carboxylic acids is 4. The predicted octanol–water partition coefficient (Wildman–Crippen LogP) is 1.60. The van der Waals surface area contributed by atoms with E-state index in [1.165, 1.54) is 29.2 Å². The summed E-state index contributed by atoms with van der Waals surface area (Å²) in [4.78, 5) is 48.7. The average Bonchev–Trinajstić information content (AvgIpc) is 2.67. The summed E-state index contributed by atoms with van der Waals surface area (Å²) in [5, 5.41) is 2.53. The van der Waals surface area contributed by atoms with Crippen LogP contribution in [-0.2, 0) is 23.9 Å². The summed E-state index contributed by atoms with van der Waals surface area (Å²) in [6, 6.07) is 6.10. The first kappa shape index (κ1) is 20.4. The number of hydrogen-bond donors (Lipinski definition) is 1. The van der Waals surface area contributed by atoms with E-state index in [2.05, 4.69) is 12.2 Å². The van der Waals surface area contributed by atoms with Crippen LogP contribution < -0.4 is 5.32 Å². The van der Waals surface area contributed by atoms with E-state index in [4.69, 9.17) is 9.47 Å². The van der Waals surface area contributed by atoms with E-state index < -0.39 is 30.4 Å². The van der Waals surface area contributed by atoms with E-state index >= 15 is 0 Å². The van der Waals surface area contributed by atoms with Crippen LogP contribution >= 0.6 is 0 Å². The minimum atomic E-state index is -1.03. The van der Waals surface area contributed by atoms with Gasteiger partial charge in [-0.05, 0) is 49.9 Å². The van der Waals surface area contributed by atoms with Gasteiger partial charge >= 0.3 is 17.8 Å². The number of nitrogens with one attached hydrogen (secondary N) is 1. The third-order valence-electron chi connectivity index (χ3n) is 4.26. The summed E-state index contributed by atoms with van der Waals surface area (Å²) in [6.07, 6.45) is 1.70. The molecule has 0 aliphatic carbocycles. The summed E-state index contributed by atoms with van der Waals surface area (Å²) in [6.45, 7) is 4.57. The van der Waals surface area contributed by atoms with E-state index in [0.717, 1.165) is 12.8 Å². The van der Waals surface area contributed by atoms with Gasteiger partial charge in [0.2, 0.25) is 0 Å². The van der Waals surface area contributed by atoms with E-state index in [0.29, 0.717) is 30.3 Å². The molecule has 1 aromatic rings. The lowest BCUT2D eigenvalue weighted by Gasteiger charge is -2.29. The molecule has 2 amide bonds. The van der Waals surface area contributed by atoms with Crippen LogP contribution in [0.1, 0.15) is 37.0 Å². The number of esters is 2. The third kappa shape index (κ3) is 6.09. The standard InChI is InChI=1S/C19H24N2O6/c1-3-26-18(24)14-4-6-15(7-5-14)20-16(22)12-27-19(25)17(23)21-10-8-13(2)9-11-21/h4-7,13H,3,8-12H2,1-2H3,(H,20,22). The Kier molecular flexibility index (Phi) is 7.34. The van der Waals surface area contributed by atoms with Gasteiger partial charge in [-0.3, -0.25) is 9.59 Å². The van der Waals surface area contributed by atoms with Crippen molar-refractivity contribution in [2.24, 2.45) is 5.92 Å². The number of anilines is 1. The van der Waals surface area contributed by atoms with Gasteiger partial charge in [0.05, 0.1) is 12.2 Å². The highest BCUT2D eigenvalue weighted by molar-refractivity contribution is 6.32. The van der Waals surface area contributed by atoms with E-state index in [1.807, 2.05) is 0 Å². The maximum absolute atomic E-state index is 12.0. The van der Waals surface area contributed by atoms with Crippen molar-refractivity contribution in [2.45, 2.75) is 26.7 Å². The Morgan fingerprint density at radius 1 is 1.07 bits per heavy atom. The van der Waals surface area contributed by atoms with Crippen molar-refractivity contribution in [3.05, 3.63) is 29.8 Å². The van der Waals surface area contributed by atoms with Crippen molar-refractivity contribution < 1.29 is 28.7 Å². The molecule has 1 saturated heterocycles. The highest BCUT2D eigenvalue weighted by Crippen LogP contribution is 2.16. The average molecular weight is 376 g/mol. The molecule has 0 atom stereocenters. The molecule has 27 heavy (non-hydrogen) atoms. The van der Waals surface area contributed by atoms with Crippen molar-refractivity contribution in [1.82, 2.24) is 4.90 Å². The molecule has 8 nitrogen and oxygen atoms in total. The molecule has 0 aromatic heterocycles. The van der Waals surface area contributed by atoms with Gasteiger partial charge in [-0.1, -0.05) is 6.92 Å². The molecule has 1 N–H and O–H groups in total. The number of piperidine rings is 1. The van der Waals surface area contributed by atoms with Gasteiger partial charge in [-0.25, -0.2) is 9.59 Å². The highest BCUT2D eigenvalue weighted by atomic mass is 16.5. The minimum absolute atomic E-state index is 0.276. The molecule has 2 rings (SSSR count). The number of amides is 2. The SMILES string of the molecule is CCOC(=O)c1ccc(NC(=O)COC(=O)C(=O)N2CCC(C)CC2)cc1. The van der Waals surface area contributed by atoms with E-state index in [1.54, 1.807) is 6.92 Å². The topological polar surface area (TPSA) is 102 Å². The first-order chi connectivity index (χ1) is 12.9. The molecule has 146 valence electrons. The Hall–Kier alpha value is -2.90. The van der Waals surface area contributed by atoms with Crippen LogP contribution in [0.3, 0.4) is 0 Å². The molecule has 1 aliphatic rings. The largest absolute Gasteiger partial charge is 0.462 e. The molecule has 1 fully saturated rings. The van der Waals surface area contributed by atoms with Gasteiger partial charge in [0.25, 0.3) is 5.91 Å². The van der Waals surface area contributed by atoms with Crippen LogP contribution in [0.4, 0.5) is 5.69 Å². The smallest absolute Gasteiger partial charge is 0.397 e. The lowest BCUT2D eigenvalue weighted by atomic mass is 9.99. The number of hydrogen-bond acceptors (Lipinski definition) is 6. The number of benzene rings is 1. The quantitative estimate of drug-likeness (QED) is 0.619. The van der Waals surface area contributed by atoms with Crippen LogP contribution in [0.15, 0.2) is 24.3 Å². The fourth-order valence-electron chi connectivity index (χ4n) is 2.63. The summed E-state index contributed by atoms with van der Waals surface area (Å²) in [7, 11) is 0. The van der Waals surface area contributed by atoms with Gasteiger partial charge in [0, 0.05) is 18.8 Å². The summed E-state index contributed by atoms with van der Waals surface area (Å²) >= 11 is 0. The zero-order valence-electron chi connectivity index (χ0n) is 15.5. The fourth-order valence-corrected chi connectivity index (χ4v) is 2.63. The van der Waals surface area contributed by atoms with Gasteiger partial charge in [-0.2, -0.15) is 0 Å². The van der Waals surface area contributed by atoms with Gasteiger partial charge in [-0.15, -0.1) is 0 Å². The number of carbonyl (C=O) groups is 4. The second-order valence-corrected chi connectivity index (χ2v) is 6.40. The molecule has 0 bridgehead atoms. The third-order valence-corrected chi connectivity index (χ3v) is 4.26. The maximum Gasteiger partial charge on any atom is 0.397 e. The van der Waals surface area contributed by atoms with Crippen molar-refractivity contribution in [1.29, 1.82) is 0 Å². The van der Waals surface area contributed by atoms with Crippen LogP contribution in [0, 0.1) is 5.92 Å². The normalized spacial score (nSPS) is 14.4. The second kappa shape index (κ2) is 9.70. The van der Waals surface area contributed by atoms with Crippen molar-refractivity contribution in [3.63, 3.8) is 0 Å². The van der Waals surface area contributed by atoms with Crippen molar-refractivity contribution in [3.8, 4) is 0 Å². The number of ether oxygens (including phenoxy) is 2. The Morgan fingerprint density at radius 2 is 1.70 bits per heavy atom. The zero-order chi connectivity index (χ0) is 19.8. The maximum atomic E-state index is 12.0. The first-order valence-electron chi connectivity index (χ1n) is 8.93. The van der Waals surface area contributed by atoms with E-state index in [-0.39, 0.29) is 6.61 Å². The number of likely N-dealkylation sites (tertiary alicyclic amines) is 1. The minimum Gasteiger partial charge on any atom is -0.462 e. The van der Waals surface area contributed by atoms with Gasteiger partial charge < -0.3 is 19.7 Å². The van der Waals surface area contributed by atoms with Crippen LogP contribution in [0.25, 0.3) is 0 Å². The van der Waals surface area contributed by atoms with Gasteiger partial charge in [0.15, 0.2) is 6.61 Å². The van der Waals surface area contributed by atoms with Crippen LogP contribution in [0.5, 0.6) is 0 Å². The van der Waals surface area contributed by atoms with E-state index in [9.17, 15) is 19.2 Å². The lowest BCUT2D eigenvalue weighted by molar-refractivity contribution is -0.161. The molecule has 1 aliphatic heterocycles. The summed E-state index contributed by atoms with van der Waals surface area (Å²) < 4.78 is 9.67.